The van der Waals surface area contributed by atoms with E-state index in [4.69, 9.17) is 4.74 Å². The summed E-state index contributed by atoms with van der Waals surface area (Å²) >= 11 is 1.32. The van der Waals surface area contributed by atoms with Gasteiger partial charge >= 0.3 is 0 Å². The number of hydrogen-bond acceptors (Lipinski definition) is 6. The molecule has 0 spiro atoms. The summed E-state index contributed by atoms with van der Waals surface area (Å²) in [4.78, 5) is 27.3. The average Bonchev–Trinajstić information content (AvgIpc) is 3.46. The quantitative estimate of drug-likeness (QED) is 0.639. The Bertz CT molecular complexity index is 864. The van der Waals surface area contributed by atoms with E-state index in [9.17, 15) is 9.59 Å². The lowest BCUT2D eigenvalue weighted by Crippen LogP contribution is -2.43. The van der Waals surface area contributed by atoms with Gasteiger partial charge in [-0.25, -0.2) is 0 Å². The zero-order valence-corrected chi connectivity index (χ0v) is 18.7. The highest BCUT2D eigenvalue weighted by Gasteiger charge is 2.29. The van der Waals surface area contributed by atoms with Crippen LogP contribution in [0.2, 0.25) is 0 Å². The fourth-order valence-corrected chi connectivity index (χ4v) is 4.48. The number of hydrogen-bond donors (Lipinski definition) is 1. The molecular weight excluding hydrogens is 400 g/mol. The van der Waals surface area contributed by atoms with Crippen LogP contribution in [0, 0.1) is 5.92 Å². The number of benzene rings is 1. The first-order chi connectivity index (χ1) is 14.5. The number of nitrogens with zero attached hydrogens (tertiary/aromatic N) is 3. The minimum atomic E-state index is -0.157. The van der Waals surface area contributed by atoms with Crippen molar-refractivity contribution in [2.45, 2.75) is 58.4 Å². The van der Waals surface area contributed by atoms with Crippen LogP contribution in [-0.4, -0.2) is 46.6 Å². The van der Waals surface area contributed by atoms with E-state index in [1.807, 2.05) is 29.2 Å². The van der Waals surface area contributed by atoms with Crippen LogP contribution in [0.15, 0.2) is 24.3 Å². The molecule has 0 unspecified atom stereocenters. The van der Waals surface area contributed by atoms with Gasteiger partial charge in [-0.2, -0.15) is 0 Å². The maximum atomic E-state index is 12.9. The topological polar surface area (TPSA) is 84.4 Å². The molecule has 0 saturated heterocycles. The summed E-state index contributed by atoms with van der Waals surface area (Å²) in [5.74, 6) is 0.905. The third-order valence-electron chi connectivity index (χ3n) is 5.68. The predicted molar refractivity (Wildman–Crippen MR) is 119 cm³/mol. The Balaban J connectivity index is 1.57. The van der Waals surface area contributed by atoms with Crippen molar-refractivity contribution in [3.63, 3.8) is 0 Å². The third-order valence-corrected chi connectivity index (χ3v) is 6.57. The zero-order chi connectivity index (χ0) is 21.5. The average molecular weight is 431 g/mol. The maximum absolute atomic E-state index is 12.9. The summed E-state index contributed by atoms with van der Waals surface area (Å²) in [6, 6.07) is 7.69. The van der Waals surface area contributed by atoms with Crippen LogP contribution in [0.5, 0.6) is 5.75 Å². The van der Waals surface area contributed by atoms with Crippen LogP contribution in [0.3, 0.4) is 0 Å². The van der Waals surface area contributed by atoms with Gasteiger partial charge in [-0.3, -0.25) is 9.59 Å². The van der Waals surface area contributed by atoms with Crippen molar-refractivity contribution in [1.82, 2.24) is 15.1 Å². The molecule has 8 heteroatoms. The molecule has 7 nitrogen and oxygen atoms in total. The van der Waals surface area contributed by atoms with E-state index in [2.05, 4.69) is 29.4 Å². The monoisotopic (exact) mass is 430 g/mol. The fraction of sp³-hybridized carbons (Fsp3) is 0.545. The van der Waals surface area contributed by atoms with Crippen molar-refractivity contribution in [1.29, 1.82) is 0 Å². The second kappa shape index (κ2) is 10.5. The molecule has 2 amide bonds. The molecule has 1 N–H and O–H groups in total. The second-order valence-corrected chi connectivity index (χ2v) is 8.69. The fourth-order valence-electron chi connectivity index (χ4n) is 3.73. The lowest BCUT2D eigenvalue weighted by Gasteiger charge is -2.30. The molecule has 162 valence electrons. The first-order valence-corrected chi connectivity index (χ1v) is 11.4. The predicted octanol–water partition coefficient (Wildman–Crippen LogP) is 4.36. The van der Waals surface area contributed by atoms with Crippen LogP contribution in [-0.2, 0) is 9.59 Å². The summed E-state index contributed by atoms with van der Waals surface area (Å²) in [6.45, 7) is 4.55. The second-order valence-electron chi connectivity index (χ2n) is 7.71. The molecule has 1 heterocycles. The zero-order valence-electron chi connectivity index (χ0n) is 17.9. The Hall–Kier alpha value is -2.48. The van der Waals surface area contributed by atoms with E-state index in [1.54, 1.807) is 7.11 Å². The summed E-state index contributed by atoms with van der Waals surface area (Å²) in [6.07, 6.45) is 5.30. The number of amides is 2. The molecule has 2 aromatic rings. The largest absolute Gasteiger partial charge is 0.497 e. The summed E-state index contributed by atoms with van der Waals surface area (Å²) in [5, 5.41) is 12.2. The van der Waals surface area contributed by atoms with Gasteiger partial charge in [0.15, 0.2) is 0 Å². The van der Waals surface area contributed by atoms with Crippen molar-refractivity contribution >= 4 is 28.3 Å². The molecule has 3 rings (SSSR count). The van der Waals surface area contributed by atoms with Crippen molar-refractivity contribution in [3.8, 4) is 16.3 Å². The number of carbonyl (C=O) groups excluding carboxylic acids is 2. The Morgan fingerprint density at radius 1 is 1.30 bits per heavy atom. The van der Waals surface area contributed by atoms with Gasteiger partial charge in [0.2, 0.25) is 16.9 Å². The number of aromatic nitrogens is 2. The van der Waals surface area contributed by atoms with Gasteiger partial charge in [-0.15, -0.1) is 10.2 Å². The summed E-state index contributed by atoms with van der Waals surface area (Å²) in [5.41, 5.74) is 0.887. The van der Waals surface area contributed by atoms with Gasteiger partial charge in [0.25, 0.3) is 0 Å². The lowest BCUT2D eigenvalue weighted by molar-refractivity contribution is -0.137. The van der Waals surface area contributed by atoms with Crippen molar-refractivity contribution in [3.05, 3.63) is 24.3 Å². The molecule has 1 aliphatic rings. The van der Waals surface area contributed by atoms with E-state index in [1.165, 1.54) is 11.3 Å². The molecule has 30 heavy (non-hydrogen) atoms. The van der Waals surface area contributed by atoms with Crippen LogP contribution in [0.4, 0.5) is 5.13 Å². The lowest BCUT2D eigenvalue weighted by atomic mass is 10.0. The molecule has 1 aromatic heterocycles. The minimum Gasteiger partial charge on any atom is -0.497 e. The molecule has 1 fully saturated rings. The molecule has 0 bridgehead atoms. The number of nitrogens with one attached hydrogen (secondary N) is 1. The van der Waals surface area contributed by atoms with Crippen LogP contribution in [0.25, 0.3) is 10.6 Å². The smallest absolute Gasteiger partial charge is 0.227 e. The van der Waals surface area contributed by atoms with Gasteiger partial charge in [0, 0.05) is 30.5 Å². The highest BCUT2D eigenvalue weighted by molar-refractivity contribution is 7.18. The molecule has 1 saturated carbocycles. The highest BCUT2D eigenvalue weighted by Crippen LogP contribution is 2.29. The molecule has 1 aromatic carbocycles. The Labute approximate surface area is 181 Å². The molecule has 0 aliphatic heterocycles. The number of ether oxygens (including phenoxy) is 1. The van der Waals surface area contributed by atoms with E-state index in [0.29, 0.717) is 16.7 Å². The first kappa shape index (κ1) is 22.2. The normalized spacial score (nSPS) is 15.0. The number of methoxy groups -OCH3 is 1. The van der Waals surface area contributed by atoms with E-state index >= 15 is 0 Å². The maximum Gasteiger partial charge on any atom is 0.227 e. The first-order valence-electron chi connectivity index (χ1n) is 10.6. The minimum absolute atomic E-state index is 0.121. The Kier molecular flexibility index (Phi) is 7.79. The standard InChI is InChI=1S/C22H30N4O3S/c1-4-15(2)26(21(28)16-8-5-6-9-16)13-12-19(27)23-22-25-24-20(30-22)17-10-7-11-18(14-17)29-3/h7,10-11,14-16H,4-6,8-9,12-13H2,1-3H3,(H,23,25,27)/t15-/m0/s1. The van der Waals surface area contributed by atoms with Gasteiger partial charge in [-0.1, -0.05) is 43.2 Å². The van der Waals surface area contributed by atoms with Gasteiger partial charge in [-0.05, 0) is 38.3 Å². The van der Waals surface area contributed by atoms with E-state index in [0.717, 1.165) is 43.4 Å². The number of carbonyl (C=O) groups is 2. The van der Waals surface area contributed by atoms with E-state index < -0.39 is 0 Å². The Morgan fingerprint density at radius 3 is 2.77 bits per heavy atom. The van der Waals surface area contributed by atoms with Crippen LogP contribution < -0.4 is 10.1 Å². The summed E-state index contributed by atoms with van der Waals surface area (Å²) in [7, 11) is 1.62. The van der Waals surface area contributed by atoms with Crippen molar-refractivity contribution in [2.24, 2.45) is 5.92 Å². The molecule has 0 radical (unpaired) electrons. The molecular formula is C22H30N4O3S. The number of anilines is 1. The van der Waals surface area contributed by atoms with E-state index in [-0.39, 0.29) is 30.2 Å². The van der Waals surface area contributed by atoms with Crippen molar-refractivity contribution in [2.75, 3.05) is 19.0 Å². The molecule has 1 atom stereocenters. The van der Waals surface area contributed by atoms with Crippen LogP contribution in [0.1, 0.15) is 52.4 Å². The number of rotatable bonds is 9. The highest BCUT2D eigenvalue weighted by atomic mass is 32.1. The van der Waals surface area contributed by atoms with Gasteiger partial charge < -0.3 is 15.0 Å². The third kappa shape index (κ3) is 5.56. The van der Waals surface area contributed by atoms with Crippen LogP contribution >= 0.6 is 11.3 Å². The summed E-state index contributed by atoms with van der Waals surface area (Å²) < 4.78 is 5.24. The SMILES string of the molecule is CC[C@H](C)N(CCC(=O)Nc1nnc(-c2cccc(OC)c2)s1)C(=O)C1CCCC1. The van der Waals surface area contributed by atoms with Gasteiger partial charge in [0.05, 0.1) is 7.11 Å². The molecule has 1 aliphatic carbocycles. The Morgan fingerprint density at radius 2 is 2.07 bits per heavy atom. The van der Waals surface area contributed by atoms with Gasteiger partial charge in [0.1, 0.15) is 10.8 Å². The van der Waals surface area contributed by atoms with Crippen molar-refractivity contribution < 1.29 is 14.3 Å².